The van der Waals surface area contributed by atoms with E-state index in [2.05, 4.69) is 5.32 Å². The summed E-state index contributed by atoms with van der Waals surface area (Å²) < 4.78 is 76.6. The van der Waals surface area contributed by atoms with Crippen LogP contribution in [0.1, 0.15) is 35.4 Å². The Balaban J connectivity index is 2.45. The molecule has 0 spiro atoms. The molecular weight excluding hydrogens is 284 g/mol. The minimum atomic E-state index is -4.78. The van der Waals surface area contributed by atoms with Crippen molar-refractivity contribution in [3.05, 3.63) is 34.9 Å². The van der Waals surface area contributed by atoms with Crippen molar-refractivity contribution in [1.82, 2.24) is 5.32 Å². The molecule has 20 heavy (non-hydrogen) atoms. The first kappa shape index (κ1) is 15.2. The van der Waals surface area contributed by atoms with Gasteiger partial charge in [-0.15, -0.1) is 0 Å². The lowest BCUT2D eigenvalue weighted by molar-refractivity contribution is -0.143. The second-order valence-electron chi connectivity index (χ2n) is 4.82. The van der Waals surface area contributed by atoms with Gasteiger partial charge in [-0.2, -0.15) is 26.3 Å². The fourth-order valence-electron chi connectivity index (χ4n) is 2.47. The largest absolute Gasteiger partial charge is 0.416 e. The molecule has 1 aliphatic rings. The summed E-state index contributed by atoms with van der Waals surface area (Å²) in [7, 11) is 0. The monoisotopic (exact) mass is 297 g/mol. The quantitative estimate of drug-likeness (QED) is 0.766. The second kappa shape index (κ2) is 5.27. The predicted molar refractivity (Wildman–Crippen MR) is 61.3 cm³/mol. The molecule has 112 valence electrons. The van der Waals surface area contributed by atoms with Gasteiger partial charge in [-0.1, -0.05) is 6.07 Å². The van der Waals surface area contributed by atoms with Gasteiger partial charge in [-0.3, -0.25) is 0 Å². The smallest absolute Gasteiger partial charge is 0.317 e. The van der Waals surface area contributed by atoms with E-state index in [1.807, 2.05) is 0 Å². The maximum Gasteiger partial charge on any atom is 0.416 e. The molecule has 1 N–H and O–H groups in total. The van der Waals surface area contributed by atoms with E-state index < -0.39 is 23.5 Å². The summed E-state index contributed by atoms with van der Waals surface area (Å²) >= 11 is 0. The zero-order valence-electron chi connectivity index (χ0n) is 10.4. The zero-order valence-corrected chi connectivity index (χ0v) is 10.4. The van der Waals surface area contributed by atoms with Crippen LogP contribution in [0.3, 0.4) is 0 Å². The average Bonchev–Trinajstić information content (AvgIpc) is 2.37. The maximum atomic E-state index is 13.0. The van der Waals surface area contributed by atoms with Crippen LogP contribution in [0.4, 0.5) is 26.3 Å². The first-order chi connectivity index (χ1) is 9.19. The number of piperidine rings is 1. The van der Waals surface area contributed by atoms with Crippen molar-refractivity contribution < 1.29 is 26.3 Å². The van der Waals surface area contributed by atoms with E-state index in [9.17, 15) is 26.3 Å². The Morgan fingerprint density at radius 2 is 1.50 bits per heavy atom. The van der Waals surface area contributed by atoms with Gasteiger partial charge in [0.05, 0.1) is 11.1 Å². The fourth-order valence-corrected chi connectivity index (χ4v) is 2.47. The molecule has 0 saturated carbocycles. The molecule has 0 aromatic heterocycles. The third-order valence-corrected chi connectivity index (χ3v) is 3.46. The lowest BCUT2D eigenvalue weighted by atomic mass is 9.86. The van der Waals surface area contributed by atoms with E-state index in [-0.39, 0.29) is 17.5 Å². The molecule has 0 aliphatic carbocycles. The summed E-state index contributed by atoms with van der Waals surface area (Å²) in [5.41, 5.74) is -2.46. The van der Waals surface area contributed by atoms with Gasteiger partial charge in [-0.05, 0) is 49.5 Å². The van der Waals surface area contributed by atoms with Gasteiger partial charge in [0, 0.05) is 0 Å². The third kappa shape index (κ3) is 3.26. The highest BCUT2D eigenvalue weighted by Gasteiger charge is 2.39. The topological polar surface area (TPSA) is 12.0 Å². The van der Waals surface area contributed by atoms with Crippen LogP contribution in [0.2, 0.25) is 0 Å². The molecule has 0 amide bonds. The summed E-state index contributed by atoms with van der Waals surface area (Å²) in [6.45, 7) is 1.14. The number of alkyl halides is 6. The minimum absolute atomic E-state index is 0.0352. The normalized spacial score (nSPS) is 18.3. The molecular formula is C13H13F6N. The lowest BCUT2D eigenvalue weighted by Crippen LogP contribution is -2.28. The average molecular weight is 297 g/mol. The molecule has 0 bridgehead atoms. The van der Waals surface area contributed by atoms with E-state index in [0.717, 1.165) is 12.1 Å². The Labute approximate surface area is 112 Å². The highest BCUT2D eigenvalue weighted by Crippen LogP contribution is 2.41. The standard InChI is InChI=1S/C13H13F6N/c14-12(15,16)9-1-2-10(8-3-5-20-6-4-8)11(7-9)13(17,18)19/h1-2,7-8,20H,3-6H2. The molecule has 0 unspecified atom stereocenters. The van der Waals surface area contributed by atoms with Gasteiger partial charge in [-0.25, -0.2) is 0 Å². The Hall–Kier alpha value is -1.24. The summed E-state index contributed by atoms with van der Waals surface area (Å²) in [5, 5.41) is 3.02. The summed E-state index contributed by atoms with van der Waals surface area (Å²) in [6, 6.07) is 1.92. The number of hydrogen-bond donors (Lipinski definition) is 1. The van der Waals surface area contributed by atoms with Crippen molar-refractivity contribution in [3.8, 4) is 0 Å². The van der Waals surface area contributed by atoms with Crippen molar-refractivity contribution in [1.29, 1.82) is 0 Å². The fraction of sp³-hybridized carbons (Fsp3) is 0.538. The van der Waals surface area contributed by atoms with Gasteiger partial charge < -0.3 is 5.32 Å². The maximum absolute atomic E-state index is 13.0. The van der Waals surface area contributed by atoms with Crippen molar-refractivity contribution in [2.75, 3.05) is 13.1 Å². The molecule has 1 nitrogen and oxygen atoms in total. The van der Waals surface area contributed by atoms with Gasteiger partial charge in [0.15, 0.2) is 0 Å². The molecule has 0 atom stereocenters. The first-order valence-corrected chi connectivity index (χ1v) is 6.18. The van der Waals surface area contributed by atoms with Crippen LogP contribution in [0.5, 0.6) is 0 Å². The molecule has 2 rings (SSSR count). The van der Waals surface area contributed by atoms with Gasteiger partial charge >= 0.3 is 12.4 Å². The second-order valence-corrected chi connectivity index (χ2v) is 4.82. The Bertz CT molecular complexity index is 471. The van der Waals surface area contributed by atoms with Crippen LogP contribution >= 0.6 is 0 Å². The van der Waals surface area contributed by atoms with Crippen LogP contribution in [-0.4, -0.2) is 13.1 Å². The molecule has 1 aromatic carbocycles. The van der Waals surface area contributed by atoms with Crippen molar-refractivity contribution in [2.45, 2.75) is 31.1 Å². The minimum Gasteiger partial charge on any atom is -0.317 e. The number of hydrogen-bond acceptors (Lipinski definition) is 1. The van der Waals surface area contributed by atoms with Crippen molar-refractivity contribution in [2.24, 2.45) is 0 Å². The number of benzene rings is 1. The summed E-state index contributed by atoms with van der Waals surface area (Å²) in [5.74, 6) is -0.352. The molecule has 1 saturated heterocycles. The third-order valence-electron chi connectivity index (χ3n) is 3.46. The van der Waals surface area contributed by atoms with Gasteiger partial charge in [0.2, 0.25) is 0 Å². The SMILES string of the molecule is FC(F)(F)c1ccc(C2CCNCC2)c(C(F)(F)F)c1. The molecule has 1 fully saturated rings. The van der Waals surface area contributed by atoms with E-state index in [1.54, 1.807) is 0 Å². The highest BCUT2D eigenvalue weighted by atomic mass is 19.4. The van der Waals surface area contributed by atoms with Crippen LogP contribution in [-0.2, 0) is 12.4 Å². The predicted octanol–water partition coefficient (Wildman–Crippen LogP) is 4.19. The molecule has 1 aromatic rings. The number of halogens is 6. The zero-order chi connectivity index (χ0) is 15.0. The van der Waals surface area contributed by atoms with Crippen molar-refractivity contribution in [3.63, 3.8) is 0 Å². The molecule has 0 radical (unpaired) electrons. The van der Waals surface area contributed by atoms with Crippen LogP contribution in [0, 0.1) is 0 Å². The summed E-state index contributed by atoms with van der Waals surface area (Å²) in [6.07, 6.45) is -8.56. The first-order valence-electron chi connectivity index (χ1n) is 6.18. The van der Waals surface area contributed by atoms with Crippen molar-refractivity contribution >= 4 is 0 Å². The van der Waals surface area contributed by atoms with E-state index >= 15 is 0 Å². The van der Waals surface area contributed by atoms with Gasteiger partial charge in [0.25, 0.3) is 0 Å². The lowest BCUT2D eigenvalue weighted by Gasteiger charge is -2.26. The molecule has 1 aliphatic heterocycles. The highest BCUT2D eigenvalue weighted by molar-refractivity contribution is 5.38. The van der Waals surface area contributed by atoms with Crippen LogP contribution in [0.15, 0.2) is 18.2 Å². The Morgan fingerprint density at radius 3 is 2.00 bits per heavy atom. The Morgan fingerprint density at radius 1 is 0.900 bits per heavy atom. The number of nitrogens with one attached hydrogen (secondary N) is 1. The van der Waals surface area contributed by atoms with E-state index in [1.165, 1.54) is 0 Å². The van der Waals surface area contributed by atoms with Crippen LogP contribution < -0.4 is 5.32 Å². The van der Waals surface area contributed by atoms with Gasteiger partial charge in [0.1, 0.15) is 0 Å². The molecule has 7 heteroatoms. The van der Waals surface area contributed by atoms with Crippen LogP contribution in [0.25, 0.3) is 0 Å². The van der Waals surface area contributed by atoms with E-state index in [4.69, 9.17) is 0 Å². The van der Waals surface area contributed by atoms with E-state index in [0.29, 0.717) is 25.9 Å². The molecule has 1 heterocycles. The Kier molecular flexibility index (Phi) is 4.00. The summed E-state index contributed by atoms with van der Waals surface area (Å²) in [4.78, 5) is 0. The number of rotatable bonds is 1.